The molecule has 1 aliphatic heterocycles. The maximum absolute atomic E-state index is 12.5. The van der Waals surface area contributed by atoms with E-state index >= 15 is 0 Å². The summed E-state index contributed by atoms with van der Waals surface area (Å²) in [6, 6.07) is -0.573. The van der Waals surface area contributed by atoms with Crippen LogP contribution in [0.15, 0.2) is 0 Å². The van der Waals surface area contributed by atoms with E-state index < -0.39 is 24.7 Å². The van der Waals surface area contributed by atoms with Gasteiger partial charge in [0.25, 0.3) is 0 Å². The third-order valence-corrected chi connectivity index (χ3v) is 5.69. The van der Waals surface area contributed by atoms with Gasteiger partial charge in [-0.2, -0.15) is 0 Å². The number of carbonyl (C=O) groups excluding carboxylic acids is 2. The predicted octanol–water partition coefficient (Wildman–Crippen LogP) is 0.591. The van der Waals surface area contributed by atoms with E-state index in [9.17, 15) is 23.9 Å². The van der Waals surface area contributed by atoms with Crippen molar-refractivity contribution < 1.29 is 28.7 Å². The zero-order valence-electron chi connectivity index (χ0n) is 11.9. The highest BCUT2D eigenvalue weighted by Gasteiger charge is 2.54. The Morgan fingerprint density at radius 3 is 2.30 bits per heavy atom. The van der Waals surface area contributed by atoms with Crippen LogP contribution in [0.2, 0.25) is 0 Å². The first-order valence-corrected chi connectivity index (χ1v) is 8.01. The van der Waals surface area contributed by atoms with Crippen molar-refractivity contribution in [1.82, 2.24) is 9.80 Å². The molecule has 0 aliphatic carbocycles. The Morgan fingerprint density at radius 1 is 1.35 bits per heavy atom. The van der Waals surface area contributed by atoms with Crippen molar-refractivity contribution in [1.29, 1.82) is 0 Å². The second-order valence-electron chi connectivity index (χ2n) is 4.70. The molecule has 20 heavy (non-hydrogen) atoms. The van der Waals surface area contributed by atoms with Crippen LogP contribution in [0, 0.1) is 0 Å². The van der Waals surface area contributed by atoms with Gasteiger partial charge in [-0.1, -0.05) is 13.8 Å². The fourth-order valence-corrected chi connectivity index (χ4v) is 3.58. The van der Waals surface area contributed by atoms with E-state index in [1.54, 1.807) is 0 Å². The molecule has 116 valence electrons. The number of hydrogen-bond donors (Lipinski definition) is 2. The molecular weight excluding hydrogens is 287 g/mol. The minimum atomic E-state index is -4.67. The van der Waals surface area contributed by atoms with Gasteiger partial charge in [-0.15, -0.1) is 0 Å². The van der Waals surface area contributed by atoms with Crippen LogP contribution in [0.3, 0.4) is 0 Å². The largest absolute Gasteiger partial charge is 0.364 e. The lowest BCUT2D eigenvalue weighted by molar-refractivity contribution is -0.131. The van der Waals surface area contributed by atoms with Crippen molar-refractivity contribution in [2.45, 2.75) is 31.8 Å². The lowest BCUT2D eigenvalue weighted by atomic mass is 10.0. The number of ether oxygens (including phenoxy) is 1. The molecule has 0 unspecified atom stereocenters. The molecule has 0 atom stereocenters. The van der Waals surface area contributed by atoms with Crippen molar-refractivity contribution in [3.05, 3.63) is 0 Å². The van der Waals surface area contributed by atoms with E-state index in [2.05, 4.69) is 0 Å². The van der Waals surface area contributed by atoms with Gasteiger partial charge in [-0.05, 0) is 12.8 Å². The van der Waals surface area contributed by atoms with Crippen LogP contribution >= 0.6 is 7.60 Å². The van der Waals surface area contributed by atoms with E-state index in [0.717, 1.165) is 4.90 Å². The summed E-state index contributed by atoms with van der Waals surface area (Å²) < 4.78 is 16.6. The molecule has 0 aromatic heterocycles. The molecule has 8 nitrogen and oxygen atoms in total. The Labute approximate surface area is 117 Å². The monoisotopic (exact) mass is 308 g/mol. The van der Waals surface area contributed by atoms with Crippen molar-refractivity contribution in [2.75, 3.05) is 26.9 Å². The van der Waals surface area contributed by atoms with Gasteiger partial charge in [0.2, 0.25) is 5.91 Å². The van der Waals surface area contributed by atoms with Crippen LogP contribution in [-0.4, -0.2) is 63.6 Å². The first kappa shape index (κ1) is 17.1. The van der Waals surface area contributed by atoms with Gasteiger partial charge in [0.05, 0.1) is 0 Å². The average molecular weight is 308 g/mol. The Bertz CT molecular complexity index is 431. The summed E-state index contributed by atoms with van der Waals surface area (Å²) in [4.78, 5) is 45.8. The maximum atomic E-state index is 12.5. The first-order chi connectivity index (χ1) is 9.25. The Hall–Kier alpha value is -0.950. The topological polar surface area (TPSA) is 107 Å². The van der Waals surface area contributed by atoms with Crippen LogP contribution in [0.1, 0.15) is 26.7 Å². The number of carbonyl (C=O) groups is 2. The highest BCUT2D eigenvalue weighted by atomic mass is 31.2. The normalized spacial score (nSPS) is 16.9. The van der Waals surface area contributed by atoms with E-state index in [1.807, 2.05) is 0 Å². The van der Waals surface area contributed by atoms with Crippen molar-refractivity contribution in [3.63, 3.8) is 0 Å². The van der Waals surface area contributed by atoms with Crippen molar-refractivity contribution in [2.24, 2.45) is 0 Å². The number of imide groups is 1. The summed E-state index contributed by atoms with van der Waals surface area (Å²) in [5.41, 5.74) is 0. The summed E-state index contributed by atoms with van der Waals surface area (Å²) in [7, 11) is -3.24. The van der Waals surface area contributed by atoms with Gasteiger partial charge in [0.15, 0.2) is 5.16 Å². The zero-order valence-corrected chi connectivity index (χ0v) is 12.8. The highest BCUT2D eigenvalue weighted by molar-refractivity contribution is 7.54. The third-order valence-electron chi connectivity index (χ3n) is 3.75. The molecule has 0 aromatic carbocycles. The van der Waals surface area contributed by atoms with Gasteiger partial charge in [-0.25, -0.2) is 4.79 Å². The summed E-state index contributed by atoms with van der Waals surface area (Å²) in [5, 5.41) is -1.83. The first-order valence-electron chi connectivity index (χ1n) is 6.40. The second-order valence-corrected chi connectivity index (χ2v) is 6.65. The van der Waals surface area contributed by atoms with Gasteiger partial charge in [0.1, 0.15) is 6.73 Å². The zero-order chi connectivity index (χ0) is 15.6. The molecule has 2 N–H and O–H groups in total. The number of urea groups is 1. The minimum Gasteiger partial charge on any atom is -0.364 e. The molecule has 1 rings (SSSR count). The van der Waals surface area contributed by atoms with Gasteiger partial charge in [0, 0.05) is 20.2 Å². The molecule has 1 saturated heterocycles. The minimum absolute atomic E-state index is 0.0271. The van der Waals surface area contributed by atoms with E-state index in [1.165, 1.54) is 25.9 Å². The predicted molar refractivity (Wildman–Crippen MR) is 71.0 cm³/mol. The lowest BCUT2D eigenvalue weighted by Gasteiger charge is -2.33. The van der Waals surface area contributed by atoms with Crippen LogP contribution in [0.4, 0.5) is 4.79 Å². The molecule has 1 heterocycles. The quantitative estimate of drug-likeness (QED) is 0.695. The van der Waals surface area contributed by atoms with E-state index in [4.69, 9.17) is 4.74 Å². The smallest absolute Gasteiger partial charge is 0.341 e. The fraction of sp³-hybridized carbons (Fsp3) is 0.818. The van der Waals surface area contributed by atoms with Crippen molar-refractivity contribution >= 4 is 19.5 Å². The highest BCUT2D eigenvalue weighted by Crippen LogP contribution is 2.55. The number of methoxy groups -OCH3 is 1. The fourth-order valence-electron chi connectivity index (χ4n) is 2.39. The van der Waals surface area contributed by atoms with E-state index in [-0.39, 0.29) is 26.1 Å². The molecule has 1 fully saturated rings. The van der Waals surface area contributed by atoms with Crippen LogP contribution in [0.5, 0.6) is 0 Å². The van der Waals surface area contributed by atoms with Crippen LogP contribution < -0.4 is 0 Å². The molecule has 1 aliphatic rings. The average Bonchev–Trinajstić information content (AvgIpc) is 2.72. The standard InChI is InChI=1S/C11H21N2O6P/c1-4-11(5-2,20(16,17)18)9(14)13-7-6-12(8-19-3)10(13)15/h4-8H2,1-3H3,(H2,16,17,18). The number of hydrogen-bond acceptors (Lipinski definition) is 4. The Kier molecular flexibility index (Phi) is 5.32. The molecule has 9 heteroatoms. The summed E-state index contributed by atoms with van der Waals surface area (Å²) >= 11 is 0. The molecule has 0 bridgehead atoms. The van der Waals surface area contributed by atoms with E-state index in [0.29, 0.717) is 6.54 Å². The van der Waals surface area contributed by atoms with Crippen LogP contribution in [-0.2, 0) is 14.1 Å². The molecule has 0 aromatic rings. The number of nitrogens with zero attached hydrogens (tertiary/aromatic N) is 2. The van der Waals surface area contributed by atoms with Gasteiger partial charge in [-0.3, -0.25) is 19.2 Å². The number of rotatable bonds is 6. The molecule has 0 spiro atoms. The molecule has 3 amide bonds. The van der Waals surface area contributed by atoms with Gasteiger partial charge < -0.3 is 14.5 Å². The Balaban J connectivity index is 3.04. The Morgan fingerprint density at radius 2 is 1.90 bits per heavy atom. The second kappa shape index (κ2) is 6.22. The molecule has 0 saturated carbocycles. The summed E-state index contributed by atoms with van der Waals surface area (Å²) in [5.74, 6) is -0.806. The molecule has 0 radical (unpaired) electrons. The SMILES string of the molecule is CCC(CC)(C(=O)N1CCN(COC)C1=O)P(=O)(O)O. The van der Waals surface area contributed by atoms with Gasteiger partial charge >= 0.3 is 13.6 Å². The van der Waals surface area contributed by atoms with Crippen molar-refractivity contribution in [3.8, 4) is 0 Å². The lowest BCUT2D eigenvalue weighted by Crippen LogP contribution is -2.49. The third kappa shape index (κ3) is 2.74. The summed E-state index contributed by atoms with van der Waals surface area (Å²) in [6.45, 7) is 3.53. The summed E-state index contributed by atoms with van der Waals surface area (Å²) in [6.07, 6.45) is -0.0542. The van der Waals surface area contributed by atoms with Crippen LogP contribution in [0.25, 0.3) is 0 Å². The molecular formula is C11H21N2O6P. The maximum Gasteiger partial charge on any atom is 0.341 e. The number of amides is 3.